The largest absolute Gasteiger partial charge is 0.326 e. The molecule has 0 aliphatic heterocycles. The Labute approximate surface area is 184 Å². The lowest BCUT2D eigenvalue weighted by molar-refractivity contribution is -0.116. The Kier molecular flexibility index (Phi) is 7.12. The number of rotatable bonds is 7. The fourth-order valence-electron chi connectivity index (χ4n) is 2.67. The van der Waals surface area contributed by atoms with Crippen LogP contribution in [0.3, 0.4) is 0 Å². The summed E-state index contributed by atoms with van der Waals surface area (Å²) in [5, 5.41) is 15.0. The van der Waals surface area contributed by atoms with Crippen LogP contribution in [0.15, 0.2) is 47.6 Å². The molecule has 0 unspecified atom stereocenters. The molecule has 2 amide bonds. The second kappa shape index (κ2) is 9.77. The standard InChI is InChI=1S/C21H22ClN5O2S/c1-13-7-9-15(10-8-13)23-19(28)11-18-25-26-21(27(18)3)30-12-20(29)24-17-6-4-5-16(22)14(17)2/h4-10H,11-12H2,1-3H3,(H,23,28)(H,24,29). The molecule has 0 saturated heterocycles. The predicted molar refractivity (Wildman–Crippen MR) is 120 cm³/mol. The van der Waals surface area contributed by atoms with Crippen LogP contribution >= 0.6 is 23.4 Å². The van der Waals surface area contributed by atoms with Gasteiger partial charge in [-0.2, -0.15) is 0 Å². The van der Waals surface area contributed by atoms with Crippen LogP contribution in [0.25, 0.3) is 0 Å². The van der Waals surface area contributed by atoms with E-state index in [0.29, 0.717) is 21.7 Å². The Balaban J connectivity index is 1.54. The number of nitrogens with zero attached hydrogens (tertiary/aromatic N) is 3. The number of aryl methyl sites for hydroxylation is 1. The average molecular weight is 444 g/mol. The Bertz CT molecular complexity index is 1070. The number of aromatic nitrogens is 3. The summed E-state index contributed by atoms with van der Waals surface area (Å²) < 4.78 is 1.72. The zero-order chi connectivity index (χ0) is 21.7. The van der Waals surface area contributed by atoms with Crippen LogP contribution in [-0.4, -0.2) is 32.3 Å². The number of carbonyl (C=O) groups is 2. The van der Waals surface area contributed by atoms with Gasteiger partial charge in [0.15, 0.2) is 5.16 Å². The molecule has 0 fully saturated rings. The van der Waals surface area contributed by atoms with E-state index < -0.39 is 0 Å². The minimum absolute atomic E-state index is 0.0891. The van der Waals surface area contributed by atoms with Gasteiger partial charge in [0, 0.05) is 23.4 Å². The number of hydrogen-bond donors (Lipinski definition) is 2. The molecule has 0 radical (unpaired) electrons. The molecule has 30 heavy (non-hydrogen) atoms. The highest BCUT2D eigenvalue weighted by Gasteiger charge is 2.15. The highest BCUT2D eigenvalue weighted by atomic mass is 35.5. The normalized spacial score (nSPS) is 10.7. The van der Waals surface area contributed by atoms with Gasteiger partial charge in [-0.25, -0.2) is 0 Å². The van der Waals surface area contributed by atoms with Crippen molar-refractivity contribution in [2.24, 2.45) is 7.05 Å². The molecule has 156 valence electrons. The van der Waals surface area contributed by atoms with Gasteiger partial charge in [0.1, 0.15) is 5.82 Å². The number of anilines is 2. The molecule has 0 bridgehead atoms. The second-order valence-electron chi connectivity index (χ2n) is 6.80. The van der Waals surface area contributed by atoms with Crippen molar-refractivity contribution < 1.29 is 9.59 Å². The van der Waals surface area contributed by atoms with Gasteiger partial charge in [0.25, 0.3) is 0 Å². The van der Waals surface area contributed by atoms with E-state index in [9.17, 15) is 9.59 Å². The maximum Gasteiger partial charge on any atom is 0.234 e. The molecule has 0 atom stereocenters. The molecule has 0 spiro atoms. The van der Waals surface area contributed by atoms with Crippen molar-refractivity contribution in [2.75, 3.05) is 16.4 Å². The minimum atomic E-state index is -0.180. The van der Waals surface area contributed by atoms with Crippen LogP contribution in [0.5, 0.6) is 0 Å². The zero-order valence-electron chi connectivity index (χ0n) is 16.9. The molecule has 1 heterocycles. The number of halogens is 1. The van der Waals surface area contributed by atoms with Gasteiger partial charge in [0.2, 0.25) is 11.8 Å². The van der Waals surface area contributed by atoms with E-state index in [1.165, 1.54) is 11.8 Å². The lowest BCUT2D eigenvalue weighted by atomic mass is 10.2. The minimum Gasteiger partial charge on any atom is -0.326 e. The molecular formula is C21H22ClN5O2S. The predicted octanol–water partition coefficient (Wildman–Crippen LogP) is 4.00. The Morgan fingerprint density at radius 3 is 2.50 bits per heavy atom. The molecule has 3 rings (SSSR count). The Morgan fingerprint density at radius 1 is 1.03 bits per heavy atom. The highest BCUT2D eigenvalue weighted by Crippen LogP contribution is 2.23. The van der Waals surface area contributed by atoms with Crippen LogP contribution in [-0.2, 0) is 23.1 Å². The summed E-state index contributed by atoms with van der Waals surface area (Å²) in [4.78, 5) is 24.6. The van der Waals surface area contributed by atoms with Crippen molar-refractivity contribution in [3.63, 3.8) is 0 Å². The van der Waals surface area contributed by atoms with Crippen LogP contribution in [0, 0.1) is 13.8 Å². The number of thioether (sulfide) groups is 1. The van der Waals surface area contributed by atoms with Crippen LogP contribution < -0.4 is 10.6 Å². The van der Waals surface area contributed by atoms with Crippen molar-refractivity contribution in [3.05, 3.63) is 64.4 Å². The molecule has 2 N–H and O–H groups in total. The number of carbonyl (C=O) groups excluding carboxylic acids is 2. The fourth-order valence-corrected chi connectivity index (χ4v) is 3.57. The van der Waals surface area contributed by atoms with E-state index in [2.05, 4.69) is 20.8 Å². The maximum absolute atomic E-state index is 12.3. The van der Waals surface area contributed by atoms with Gasteiger partial charge in [-0.05, 0) is 43.7 Å². The molecule has 9 heteroatoms. The summed E-state index contributed by atoms with van der Waals surface area (Å²) in [6, 6.07) is 12.9. The second-order valence-corrected chi connectivity index (χ2v) is 8.15. The SMILES string of the molecule is Cc1ccc(NC(=O)Cc2nnc(SCC(=O)Nc3cccc(Cl)c3C)n2C)cc1. The van der Waals surface area contributed by atoms with Gasteiger partial charge < -0.3 is 15.2 Å². The number of benzene rings is 2. The van der Waals surface area contributed by atoms with Gasteiger partial charge in [-0.1, -0.05) is 47.1 Å². The molecule has 1 aromatic heterocycles. The first kappa shape index (κ1) is 21.9. The third kappa shape index (κ3) is 5.61. The van der Waals surface area contributed by atoms with E-state index in [0.717, 1.165) is 16.8 Å². The maximum atomic E-state index is 12.3. The zero-order valence-corrected chi connectivity index (χ0v) is 18.5. The van der Waals surface area contributed by atoms with Crippen molar-refractivity contribution in [3.8, 4) is 0 Å². The van der Waals surface area contributed by atoms with Crippen LogP contribution in [0.1, 0.15) is 17.0 Å². The van der Waals surface area contributed by atoms with Gasteiger partial charge in [-0.15, -0.1) is 10.2 Å². The first-order chi connectivity index (χ1) is 14.3. The molecular weight excluding hydrogens is 422 g/mol. The molecule has 7 nitrogen and oxygen atoms in total. The van der Waals surface area contributed by atoms with Crippen molar-refractivity contribution in [1.82, 2.24) is 14.8 Å². The van der Waals surface area contributed by atoms with E-state index in [1.54, 1.807) is 29.8 Å². The first-order valence-electron chi connectivity index (χ1n) is 9.26. The Hall–Kier alpha value is -2.84. The number of nitrogens with one attached hydrogen (secondary N) is 2. The fraction of sp³-hybridized carbons (Fsp3) is 0.238. The summed E-state index contributed by atoms with van der Waals surface area (Å²) in [7, 11) is 1.77. The first-order valence-corrected chi connectivity index (χ1v) is 10.6. The lowest BCUT2D eigenvalue weighted by Crippen LogP contribution is -2.17. The summed E-state index contributed by atoms with van der Waals surface area (Å²) in [5.41, 5.74) is 3.35. The van der Waals surface area contributed by atoms with Gasteiger partial charge in [-0.3, -0.25) is 9.59 Å². The Morgan fingerprint density at radius 2 is 1.77 bits per heavy atom. The highest BCUT2D eigenvalue weighted by molar-refractivity contribution is 7.99. The van der Waals surface area contributed by atoms with E-state index in [-0.39, 0.29) is 24.0 Å². The van der Waals surface area contributed by atoms with Gasteiger partial charge in [0.05, 0.1) is 12.2 Å². The summed E-state index contributed by atoms with van der Waals surface area (Å²) in [6.07, 6.45) is 0.0891. The monoisotopic (exact) mass is 443 g/mol. The van der Waals surface area contributed by atoms with E-state index in [4.69, 9.17) is 11.6 Å². The summed E-state index contributed by atoms with van der Waals surface area (Å²) >= 11 is 7.33. The summed E-state index contributed by atoms with van der Waals surface area (Å²) in [6.45, 7) is 3.84. The van der Waals surface area contributed by atoms with Crippen molar-refractivity contribution in [1.29, 1.82) is 0 Å². The van der Waals surface area contributed by atoms with Crippen LogP contribution in [0.4, 0.5) is 11.4 Å². The summed E-state index contributed by atoms with van der Waals surface area (Å²) in [5.74, 6) is 0.327. The van der Waals surface area contributed by atoms with Crippen molar-refractivity contribution >= 4 is 46.6 Å². The molecule has 0 aliphatic rings. The lowest BCUT2D eigenvalue weighted by Gasteiger charge is -2.09. The quantitative estimate of drug-likeness (QED) is 0.539. The average Bonchev–Trinajstić information content (AvgIpc) is 3.05. The number of amides is 2. The third-order valence-corrected chi connectivity index (χ3v) is 5.88. The smallest absolute Gasteiger partial charge is 0.234 e. The molecule has 0 saturated carbocycles. The topological polar surface area (TPSA) is 88.9 Å². The molecule has 3 aromatic rings. The van der Waals surface area contributed by atoms with Gasteiger partial charge >= 0.3 is 0 Å². The van der Waals surface area contributed by atoms with Crippen molar-refractivity contribution in [2.45, 2.75) is 25.4 Å². The van der Waals surface area contributed by atoms with E-state index in [1.807, 2.05) is 38.1 Å². The third-order valence-electron chi connectivity index (χ3n) is 4.45. The molecule has 0 aliphatic carbocycles. The van der Waals surface area contributed by atoms with E-state index >= 15 is 0 Å². The number of hydrogen-bond acceptors (Lipinski definition) is 5. The van der Waals surface area contributed by atoms with Crippen LogP contribution in [0.2, 0.25) is 5.02 Å². The molecule has 2 aromatic carbocycles.